The van der Waals surface area contributed by atoms with E-state index in [0.29, 0.717) is 22.2 Å². The van der Waals surface area contributed by atoms with Crippen LogP contribution in [0, 0.1) is 5.92 Å². The minimum atomic E-state index is -0.148. The van der Waals surface area contributed by atoms with Gasteiger partial charge in [-0.15, -0.1) is 0 Å². The number of nitrogens with one attached hydrogen (secondary N) is 1. The monoisotopic (exact) mass is 294 g/mol. The fourth-order valence-electron chi connectivity index (χ4n) is 3.11. The summed E-state index contributed by atoms with van der Waals surface area (Å²) in [6.07, 6.45) is 7.21. The number of carbonyl (C=O) groups is 1. The molecule has 0 spiro atoms. The van der Waals surface area contributed by atoms with Gasteiger partial charge >= 0.3 is 0 Å². The maximum absolute atomic E-state index is 12.4. The lowest BCUT2D eigenvalue weighted by Gasteiger charge is -2.30. The van der Waals surface area contributed by atoms with Gasteiger partial charge in [0.15, 0.2) is 0 Å². The second kappa shape index (κ2) is 6.98. The van der Waals surface area contributed by atoms with Crippen LogP contribution in [0.15, 0.2) is 18.2 Å². The van der Waals surface area contributed by atoms with Crippen LogP contribution in [0.25, 0.3) is 0 Å². The summed E-state index contributed by atoms with van der Waals surface area (Å²) in [6, 6.07) is 5.39. The molecule has 0 aliphatic heterocycles. The van der Waals surface area contributed by atoms with Crippen molar-refractivity contribution < 1.29 is 4.79 Å². The van der Waals surface area contributed by atoms with Crippen molar-refractivity contribution in [2.24, 2.45) is 5.92 Å². The highest BCUT2D eigenvalue weighted by atomic mass is 35.5. The number of hydrogen-bond acceptors (Lipinski definition) is 2. The Morgan fingerprint density at radius 2 is 2.10 bits per heavy atom. The summed E-state index contributed by atoms with van der Waals surface area (Å²) < 4.78 is 0. The van der Waals surface area contributed by atoms with Gasteiger partial charge in [-0.2, -0.15) is 0 Å². The Hall–Kier alpha value is -1.22. The highest BCUT2D eigenvalue weighted by molar-refractivity contribution is 6.34. The molecule has 3 N–H and O–H groups in total. The van der Waals surface area contributed by atoms with Crippen LogP contribution in [0.3, 0.4) is 0 Å². The zero-order valence-corrected chi connectivity index (χ0v) is 12.7. The molecule has 1 aliphatic carbocycles. The van der Waals surface area contributed by atoms with Crippen molar-refractivity contribution >= 4 is 23.2 Å². The van der Waals surface area contributed by atoms with E-state index in [9.17, 15) is 4.79 Å². The highest BCUT2D eigenvalue weighted by Gasteiger charge is 2.25. The molecule has 2 rings (SSSR count). The molecule has 1 aromatic carbocycles. The molecule has 1 amide bonds. The van der Waals surface area contributed by atoms with E-state index in [4.69, 9.17) is 17.3 Å². The maximum atomic E-state index is 12.4. The lowest BCUT2D eigenvalue weighted by atomic mass is 9.83. The molecule has 1 aromatic rings. The quantitative estimate of drug-likeness (QED) is 0.824. The molecule has 3 nitrogen and oxygen atoms in total. The summed E-state index contributed by atoms with van der Waals surface area (Å²) >= 11 is 6.10. The average molecular weight is 295 g/mol. The van der Waals surface area contributed by atoms with Crippen LogP contribution in [0.4, 0.5) is 5.69 Å². The number of carbonyl (C=O) groups excluding carboxylic acids is 1. The number of nitrogen functional groups attached to an aromatic ring is 1. The molecule has 1 atom stereocenters. The van der Waals surface area contributed by atoms with Crippen molar-refractivity contribution in [1.82, 2.24) is 5.32 Å². The standard InChI is InChI=1S/C16H23ClN2O/c1-2-14(11-7-4-3-5-8-11)19-16(20)15-12(17)9-6-10-13(15)18/h6,9-11,14H,2-5,7-8,18H2,1H3,(H,19,20). The van der Waals surface area contributed by atoms with Gasteiger partial charge in [0.05, 0.1) is 10.6 Å². The number of amides is 1. The van der Waals surface area contributed by atoms with Crippen LogP contribution < -0.4 is 11.1 Å². The van der Waals surface area contributed by atoms with Gasteiger partial charge in [-0.25, -0.2) is 0 Å². The number of nitrogens with two attached hydrogens (primary N) is 1. The molecule has 1 fully saturated rings. The van der Waals surface area contributed by atoms with E-state index >= 15 is 0 Å². The molecule has 0 bridgehead atoms. The molecular weight excluding hydrogens is 272 g/mol. The Labute approximate surface area is 125 Å². The zero-order valence-electron chi connectivity index (χ0n) is 12.0. The Balaban J connectivity index is 2.09. The third-order valence-electron chi connectivity index (χ3n) is 4.25. The predicted molar refractivity (Wildman–Crippen MR) is 84.0 cm³/mol. The van der Waals surface area contributed by atoms with Crippen LogP contribution in [0.1, 0.15) is 55.8 Å². The van der Waals surface area contributed by atoms with Crippen molar-refractivity contribution in [3.8, 4) is 0 Å². The van der Waals surface area contributed by atoms with Gasteiger partial charge in [0.2, 0.25) is 0 Å². The van der Waals surface area contributed by atoms with E-state index in [1.165, 1.54) is 32.1 Å². The first-order valence-electron chi connectivity index (χ1n) is 7.48. The van der Waals surface area contributed by atoms with Gasteiger partial charge in [-0.05, 0) is 37.3 Å². The number of halogens is 1. The maximum Gasteiger partial charge on any atom is 0.255 e. The molecule has 1 unspecified atom stereocenters. The number of benzene rings is 1. The SMILES string of the molecule is CCC(NC(=O)c1c(N)cccc1Cl)C1CCCCC1. The van der Waals surface area contributed by atoms with Crippen LogP contribution in [-0.2, 0) is 0 Å². The van der Waals surface area contributed by atoms with Crippen molar-refractivity contribution in [3.05, 3.63) is 28.8 Å². The van der Waals surface area contributed by atoms with E-state index in [-0.39, 0.29) is 11.9 Å². The van der Waals surface area contributed by atoms with E-state index in [1.54, 1.807) is 18.2 Å². The molecule has 0 saturated heterocycles. The molecule has 110 valence electrons. The fraction of sp³-hybridized carbons (Fsp3) is 0.562. The predicted octanol–water partition coefficient (Wildman–Crippen LogP) is 4.01. The minimum absolute atomic E-state index is 0.148. The van der Waals surface area contributed by atoms with Crippen molar-refractivity contribution in [3.63, 3.8) is 0 Å². The Kier molecular flexibility index (Phi) is 5.30. The molecule has 20 heavy (non-hydrogen) atoms. The summed E-state index contributed by atoms with van der Waals surface area (Å²) in [4.78, 5) is 12.4. The van der Waals surface area contributed by atoms with Gasteiger partial charge in [0.1, 0.15) is 0 Å². The number of anilines is 1. The zero-order chi connectivity index (χ0) is 14.5. The van der Waals surface area contributed by atoms with Crippen LogP contribution >= 0.6 is 11.6 Å². The third-order valence-corrected chi connectivity index (χ3v) is 4.56. The summed E-state index contributed by atoms with van der Waals surface area (Å²) in [5.74, 6) is 0.437. The van der Waals surface area contributed by atoms with E-state index in [1.807, 2.05) is 0 Å². The van der Waals surface area contributed by atoms with Gasteiger partial charge in [0.25, 0.3) is 5.91 Å². The lowest BCUT2D eigenvalue weighted by Crippen LogP contribution is -2.41. The summed E-state index contributed by atoms with van der Waals surface area (Å²) in [7, 11) is 0. The lowest BCUT2D eigenvalue weighted by molar-refractivity contribution is 0.0912. The van der Waals surface area contributed by atoms with Gasteiger partial charge in [-0.3, -0.25) is 4.79 Å². The van der Waals surface area contributed by atoms with Gasteiger partial charge in [0, 0.05) is 11.7 Å². The van der Waals surface area contributed by atoms with E-state index in [2.05, 4.69) is 12.2 Å². The number of rotatable bonds is 4. The molecule has 1 saturated carbocycles. The van der Waals surface area contributed by atoms with Crippen molar-refractivity contribution in [2.75, 3.05) is 5.73 Å². The van der Waals surface area contributed by atoms with Crippen LogP contribution in [0.2, 0.25) is 5.02 Å². The number of hydrogen-bond donors (Lipinski definition) is 2. The highest BCUT2D eigenvalue weighted by Crippen LogP contribution is 2.28. The van der Waals surface area contributed by atoms with E-state index in [0.717, 1.165) is 6.42 Å². The van der Waals surface area contributed by atoms with Crippen LogP contribution in [-0.4, -0.2) is 11.9 Å². The van der Waals surface area contributed by atoms with Gasteiger partial charge < -0.3 is 11.1 Å². The second-order valence-corrected chi connectivity index (χ2v) is 6.00. The van der Waals surface area contributed by atoms with Crippen molar-refractivity contribution in [1.29, 1.82) is 0 Å². The molecule has 0 radical (unpaired) electrons. The molecule has 0 aromatic heterocycles. The topological polar surface area (TPSA) is 55.1 Å². The minimum Gasteiger partial charge on any atom is -0.398 e. The van der Waals surface area contributed by atoms with Crippen LogP contribution in [0.5, 0.6) is 0 Å². The van der Waals surface area contributed by atoms with Gasteiger partial charge in [-0.1, -0.05) is 43.9 Å². The third kappa shape index (κ3) is 3.45. The van der Waals surface area contributed by atoms with Crippen molar-refractivity contribution in [2.45, 2.75) is 51.5 Å². The first-order chi connectivity index (χ1) is 9.63. The smallest absolute Gasteiger partial charge is 0.255 e. The first-order valence-corrected chi connectivity index (χ1v) is 7.86. The fourth-order valence-corrected chi connectivity index (χ4v) is 3.38. The largest absolute Gasteiger partial charge is 0.398 e. The Morgan fingerprint density at radius 3 is 2.70 bits per heavy atom. The Morgan fingerprint density at radius 1 is 1.40 bits per heavy atom. The summed E-state index contributed by atoms with van der Waals surface area (Å²) in [5, 5.41) is 3.55. The second-order valence-electron chi connectivity index (χ2n) is 5.59. The molecule has 0 heterocycles. The summed E-state index contributed by atoms with van der Waals surface area (Å²) in [6.45, 7) is 2.12. The molecule has 4 heteroatoms. The molecule has 1 aliphatic rings. The molecular formula is C16H23ClN2O. The normalized spacial score (nSPS) is 17.7. The average Bonchev–Trinajstić information content (AvgIpc) is 2.45. The summed E-state index contributed by atoms with van der Waals surface area (Å²) in [5.41, 5.74) is 6.72. The first kappa shape index (κ1) is 15.2. The Bertz CT molecular complexity index is 449. The van der Waals surface area contributed by atoms with E-state index < -0.39 is 0 Å².